The van der Waals surface area contributed by atoms with Crippen LogP contribution in [0, 0.1) is 5.92 Å². The van der Waals surface area contributed by atoms with Gasteiger partial charge in [-0.3, -0.25) is 19.2 Å². The molecule has 0 aliphatic carbocycles. The summed E-state index contributed by atoms with van der Waals surface area (Å²) in [5.74, 6) is -4.80. The fourth-order valence-corrected chi connectivity index (χ4v) is 8.52. The van der Waals surface area contributed by atoms with Gasteiger partial charge in [0.1, 0.15) is 11.0 Å². The number of hydrogen-bond donors (Lipinski definition) is 2. The Hall–Kier alpha value is -4.41. The van der Waals surface area contributed by atoms with Crippen LogP contribution in [-0.4, -0.2) is 47.1 Å². The van der Waals surface area contributed by atoms with Crippen molar-refractivity contribution in [3.63, 3.8) is 0 Å². The molecule has 3 atom stereocenters. The molecule has 0 radical (unpaired) electrons. The number of imide groups is 1. The number of nitrogens with one attached hydrogen (secondary N) is 2. The second kappa shape index (κ2) is 13.2. The van der Waals surface area contributed by atoms with Crippen molar-refractivity contribution >= 4 is 74.1 Å². The summed E-state index contributed by atoms with van der Waals surface area (Å²) in [4.78, 5) is 68.4. The Morgan fingerprint density at radius 1 is 1.02 bits per heavy atom. The average Bonchev–Trinajstić information content (AvgIpc) is 3.54. The molecule has 4 aromatic rings. The van der Waals surface area contributed by atoms with E-state index in [0.29, 0.717) is 36.1 Å². The lowest BCUT2D eigenvalue weighted by molar-refractivity contribution is -0.137. The first-order valence-electron chi connectivity index (χ1n) is 14.3. The zero-order valence-electron chi connectivity index (χ0n) is 24.6. The van der Waals surface area contributed by atoms with Crippen LogP contribution in [0.1, 0.15) is 39.2 Å². The van der Waals surface area contributed by atoms with E-state index in [2.05, 4.69) is 26.2 Å². The van der Waals surface area contributed by atoms with Gasteiger partial charge < -0.3 is 19.8 Å². The molecule has 1 fully saturated rings. The zero-order chi connectivity index (χ0) is 34.3. The highest BCUT2D eigenvalue weighted by molar-refractivity contribution is 9.10. The smallest absolute Gasteiger partial charge is 0.418 e. The SMILES string of the molecule is CCOC(=O)c1ccc(NC(=O)COc2ccc(Br)cc2C2c3sc(=O)[nH]c3SC3C(=O)N(c4ccccc4C(F)(F)F)C(=O)C32)cc1. The lowest BCUT2D eigenvalue weighted by atomic mass is 9.82. The molecule has 6 rings (SSSR count). The summed E-state index contributed by atoms with van der Waals surface area (Å²) in [6, 6.07) is 15.2. The monoisotopic (exact) mass is 761 g/mol. The van der Waals surface area contributed by atoms with E-state index in [1.807, 2.05) is 0 Å². The summed E-state index contributed by atoms with van der Waals surface area (Å²) in [7, 11) is 0. The van der Waals surface area contributed by atoms with E-state index in [4.69, 9.17) is 9.47 Å². The molecule has 248 valence electrons. The Morgan fingerprint density at radius 3 is 2.46 bits per heavy atom. The summed E-state index contributed by atoms with van der Waals surface area (Å²) >= 11 is 5.15. The minimum Gasteiger partial charge on any atom is -0.483 e. The maximum absolute atomic E-state index is 14.1. The van der Waals surface area contributed by atoms with Gasteiger partial charge in [0.05, 0.1) is 34.4 Å². The van der Waals surface area contributed by atoms with Crippen molar-refractivity contribution in [3.8, 4) is 5.75 Å². The third-order valence-corrected chi connectivity index (χ3v) is 10.5. The Kier molecular flexibility index (Phi) is 9.24. The highest BCUT2D eigenvalue weighted by Crippen LogP contribution is 2.55. The van der Waals surface area contributed by atoms with Gasteiger partial charge in [-0.25, -0.2) is 9.69 Å². The number of benzene rings is 3. The van der Waals surface area contributed by atoms with Gasteiger partial charge in [-0.1, -0.05) is 51.2 Å². The fourth-order valence-electron chi connectivity index (χ4n) is 5.64. The number of halogens is 4. The van der Waals surface area contributed by atoms with Crippen LogP contribution in [0.5, 0.6) is 5.75 Å². The number of hydrogen-bond acceptors (Lipinski definition) is 9. The largest absolute Gasteiger partial charge is 0.483 e. The summed E-state index contributed by atoms with van der Waals surface area (Å²) < 4.78 is 53.4. The van der Waals surface area contributed by atoms with Crippen LogP contribution in [-0.2, 0) is 25.3 Å². The van der Waals surface area contributed by atoms with E-state index in [1.165, 1.54) is 36.4 Å². The van der Waals surface area contributed by atoms with Gasteiger partial charge in [0.15, 0.2) is 6.61 Å². The van der Waals surface area contributed by atoms with Crippen molar-refractivity contribution in [3.05, 3.63) is 102 Å². The van der Waals surface area contributed by atoms with Crippen LogP contribution in [0.2, 0.25) is 0 Å². The number of thiazole rings is 1. The van der Waals surface area contributed by atoms with Crippen molar-refractivity contribution in [2.45, 2.75) is 29.3 Å². The number of rotatable bonds is 8. The molecule has 2 N–H and O–H groups in total. The maximum Gasteiger partial charge on any atom is 0.418 e. The molecule has 16 heteroatoms. The number of carbonyl (C=O) groups is 4. The number of aromatic nitrogens is 1. The standard InChI is InChI=1S/C32H23BrF3N3O7S2/c1-2-45-30(43)15-7-10-17(11-8-15)37-22(40)14-46-21-12-9-16(33)13-18(21)23-24-26(47-27-25(23)48-31(44)38-27)29(42)39(28(24)41)20-6-4-3-5-19(20)32(34,35)36/h3-13,23-24,26H,2,14H2,1H3,(H,37,40)(H,38,44). The summed E-state index contributed by atoms with van der Waals surface area (Å²) in [5.41, 5.74) is -0.682. The Bertz CT molecular complexity index is 2000. The molecule has 3 unspecified atom stereocenters. The number of ether oxygens (including phenoxy) is 2. The first-order chi connectivity index (χ1) is 22.9. The molecule has 0 spiro atoms. The third-order valence-electron chi connectivity index (χ3n) is 7.62. The van der Waals surface area contributed by atoms with Crippen LogP contribution in [0.3, 0.4) is 0 Å². The molecule has 48 heavy (non-hydrogen) atoms. The Balaban J connectivity index is 1.31. The molecular weight excluding hydrogens is 739 g/mol. The highest BCUT2D eigenvalue weighted by atomic mass is 79.9. The number of amides is 3. The lowest BCUT2D eigenvalue weighted by Crippen LogP contribution is -2.33. The molecular formula is C32H23BrF3N3O7S2. The topological polar surface area (TPSA) is 135 Å². The van der Waals surface area contributed by atoms with Crippen LogP contribution >= 0.6 is 39.0 Å². The molecule has 3 amide bonds. The van der Waals surface area contributed by atoms with Crippen LogP contribution in [0.4, 0.5) is 24.5 Å². The van der Waals surface area contributed by atoms with E-state index in [-0.39, 0.29) is 12.4 Å². The molecule has 0 bridgehead atoms. The first kappa shape index (κ1) is 33.5. The minimum absolute atomic E-state index is 0.155. The van der Waals surface area contributed by atoms with Crippen molar-refractivity contribution in [1.82, 2.24) is 4.98 Å². The molecule has 0 saturated carbocycles. The normalized spacial score (nSPS) is 18.7. The quantitative estimate of drug-likeness (QED) is 0.160. The average molecular weight is 763 g/mol. The molecule has 1 saturated heterocycles. The number of H-pyrrole nitrogens is 1. The van der Waals surface area contributed by atoms with E-state index in [9.17, 15) is 37.1 Å². The van der Waals surface area contributed by atoms with Gasteiger partial charge >= 0.3 is 17.0 Å². The number of para-hydroxylation sites is 1. The Morgan fingerprint density at radius 2 is 1.75 bits per heavy atom. The predicted octanol–water partition coefficient (Wildman–Crippen LogP) is 6.21. The Labute approximate surface area is 286 Å². The number of carbonyl (C=O) groups excluding carboxylic acids is 4. The van der Waals surface area contributed by atoms with Gasteiger partial charge in [0, 0.05) is 26.5 Å². The van der Waals surface area contributed by atoms with Gasteiger partial charge in [-0.2, -0.15) is 13.2 Å². The molecule has 1 aromatic heterocycles. The number of nitrogens with zero attached hydrogens (tertiary/aromatic N) is 1. The zero-order valence-corrected chi connectivity index (χ0v) is 27.8. The van der Waals surface area contributed by atoms with Crippen LogP contribution in [0.25, 0.3) is 0 Å². The number of alkyl halides is 3. The second-order valence-corrected chi connectivity index (χ2v) is 13.7. The molecule has 2 aliphatic rings. The maximum atomic E-state index is 14.1. The summed E-state index contributed by atoms with van der Waals surface area (Å²) in [6.07, 6.45) is -4.84. The van der Waals surface area contributed by atoms with E-state index >= 15 is 0 Å². The van der Waals surface area contributed by atoms with Crippen molar-refractivity contribution < 1.29 is 41.8 Å². The molecule has 3 heterocycles. The molecule has 3 aromatic carbocycles. The highest BCUT2D eigenvalue weighted by Gasteiger charge is 2.57. The van der Waals surface area contributed by atoms with E-state index < -0.39 is 69.7 Å². The molecule has 2 aliphatic heterocycles. The third kappa shape index (κ3) is 6.39. The summed E-state index contributed by atoms with van der Waals surface area (Å²) in [6.45, 7) is 1.41. The number of aromatic amines is 1. The van der Waals surface area contributed by atoms with Crippen molar-refractivity contribution in [1.29, 1.82) is 0 Å². The lowest BCUT2D eigenvalue weighted by Gasteiger charge is -2.31. The van der Waals surface area contributed by atoms with Gasteiger partial charge in [0.2, 0.25) is 11.8 Å². The first-order valence-corrected chi connectivity index (χ1v) is 16.8. The van der Waals surface area contributed by atoms with Gasteiger partial charge in [-0.05, 0) is 61.5 Å². The fraction of sp³-hybridized carbons (Fsp3) is 0.219. The van der Waals surface area contributed by atoms with E-state index in [1.54, 1.807) is 25.1 Å². The second-order valence-electron chi connectivity index (χ2n) is 10.6. The minimum atomic E-state index is -4.84. The summed E-state index contributed by atoms with van der Waals surface area (Å²) in [5, 5.41) is 1.82. The molecule has 10 nitrogen and oxygen atoms in total. The van der Waals surface area contributed by atoms with Gasteiger partial charge in [0.25, 0.3) is 5.91 Å². The van der Waals surface area contributed by atoms with Crippen molar-refractivity contribution in [2.24, 2.45) is 5.92 Å². The number of anilines is 2. The number of thioether (sulfide) groups is 1. The number of fused-ring (bicyclic) bond motifs is 2. The van der Waals surface area contributed by atoms with Crippen LogP contribution in [0.15, 0.2) is 81.0 Å². The van der Waals surface area contributed by atoms with E-state index in [0.717, 1.165) is 35.2 Å². The number of esters is 1. The van der Waals surface area contributed by atoms with Crippen molar-refractivity contribution in [2.75, 3.05) is 23.4 Å². The van der Waals surface area contributed by atoms with Gasteiger partial charge in [-0.15, -0.1) is 0 Å². The van der Waals surface area contributed by atoms with Crippen LogP contribution < -0.4 is 19.8 Å². The predicted molar refractivity (Wildman–Crippen MR) is 175 cm³/mol.